The standard InChI is InChI=1S/C13H11BrN2O2/c14-10-5-8-9(4-7-2-1-3-18-7)13(17)16-12(8)6-11(10)15/h1-3,5-6,9H,4,15H2,(H,16,17). The summed E-state index contributed by atoms with van der Waals surface area (Å²) >= 11 is 3.39. The number of anilines is 2. The number of hydrogen-bond donors (Lipinski definition) is 2. The average molecular weight is 307 g/mol. The number of nitrogen functional groups attached to an aromatic ring is 1. The summed E-state index contributed by atoms with van der Waals surface area (Å²) in [6, 6.07) is 7.37. The van der Waals surface area contributed by atoms with E-state index in [1.54, 1.807) is 12.3 Å². The molecule has 4 nitrogen and oxygen atoms in total. The molecule has 1 aliphatic heterocycles. The molecule has 2 aromatic rings. The Morgan fingerprint density at radius 3 is 3.00 bits per heavy atom. The zero-order valence-electron chi connectivity index (χ0n) is 9.44. The molecule has 5 heteroatoms. The minimum absolute atomic E-state index is 0.0149. The van der Waals surface area contributed by atoms with Gasteiger partial charge in [-0.05, 0) is 45.8 Å². The number of rotatable bonds is 2. The molecule has 3 rings (SSSR count). The molecule has 1 unspecified atom stereocenters. The molecule has 2 heterocycles. The predicted octanol–water partition coefficient (Wildman–Crippen LogP) is 2.90. The third-order valence-electron chi connectivity index (χ3n) is 3.10. The van der Waals surface area contributed by atoms with Gasteiger partial charge in [-0.25, -0.2) is 0 Å². The summed E-state index contributed by atoms with van der Waals surface area (Å²) in [5.74, 6) is 0.567. The van der Waals surface area contributed by atoms with E-state index in [0.717, 1.165) is 21.5 Å². The van der Waals surface area contributed by atoms with Crippen LogP contribution >= 0.6 is 15.9 Å². The van der Waals surface area contributed by atoms with Crippen molar-refractivity contribution in [2.24, 2.45) is 0 Å². The second-order valence-corrected chi connectivity index (χ2v) is 5.14. The third-order valence-corrected chi connectivity index (χ3v) is 3.79. The van der Waals surface area contributed by atoms with Crippen LogP contribution in [0, 0.1) is 0 Å². The molecule has 1 atom stereocenters. The number of carbonyl (C=O) groups excluding carboxylic acids is 1. The first-order chi connectivity index (χ1) is 8.65. The van der Waals surface area contributed by atoms with E-state index < -0.39 is 0 Å². The lowest BCUT2D eigenvalue weighted by molar-refractivity contribution is -0.117. The summed E-state index contributed by atoms with van der Waals surface area (Å²) in [6.45, 7) is 0. The Labute approximate surface area is 112 Å². The van der Waals surface area contributed by atoms with E-state index in [4.69, 9.17) is 10.2 Å². The first-order valence-corrected chi connectivity index (χ1v) is 6.36. The van der Waals surface area contributed by atoms with Crippen molar-refractivity contribution >= 4 is 33.2 Å². The van der Waals surface area contributed by atoms with Crippen molar-refractivity contribution in [1.82, 2.24) is 0 Å². The lowest BCUT2D eigenvalue weighted by Gasteiger charge is -2.08. The zero-order valence-corrected chi connectivity index (χ0v) is 11.0. The summed E-state index contributed by atoms with van der Waals surface area (Å²) < 4.78 is 6.10. The molecule has 0 saturated carbocycles. The van der Waals surface area contributed by atoms with Gasteiger partial charge >= 0.3 is 0 Å². The number of hydrogen-bond acceptors (Lipinski definition) is 3. The van der Waals surface area contributed by atoms with Gasteiger partial charge in [-0.15, -0.1) is 0 Å². The van der Waals surface area contributed by atoms with Crippen molar-refractivity contribution in [2.75, 3.05) is 11.1 Å². The van der Waals surface area contributed by atoms with Crippen molar-refractivity contribution in [3.8, 4) is 0 Å². The van der Waals surface area contributed by atoms with Crippen LogP contribution in [0.1, 0.15) is 17.2 Å². The molecule has 0 radical (unpaired) electrons. The summed E-state index contributed by atoms with van der Waals surface area (Å²) in [6.07, 6.45) is 2.17. The molecular weight excluding hydrogens is 296 g/mol. The average Bonchev–Trinajstić information content (AvgIpc) is 2.92. The van der Waals surface area contributed by atoms with Crippen LogP contribution in [0.2, 0.25) is 0 Å². The third kappa shape index (κ3) is 1.80. The van der Waals surface area contributed by atoms with E-state index in [9.17, 15) is 4.79 Å². The first kappa shape index (κ1) is 11.3. The second-order valence-electron chi connectivity index (χ2n) is 4.29. The maximum absolute atomic E-state index is 12.0. The van der Waals surface area contributed by atoms with E-state index in [1.165, 1.54) is 0 Å². The monoisotopic (exact) mass is 306 g/mol. The number of nitrogens with one attached hydrogen (secondary N) is 1. The summed E-state index contributed by atoms with van der Waals surface area (Å²) in [5, 5.41) is 2.85. The van der Waals surface area contributed by atoms with E-state index >= 15 is 0 Å². The van der Waals surface area contributed by atoms with Crippen LogP contribution in [0.15, 0.2) is 39.4 Å². The Hall–Kier alpha value is -1.75. The van der Waals surface area contributed by atoms with Gasteiger partial charge in [0.2, 0.25) is 5.91 Å². The number of halogens is 1. The van der Waals surface area contributed by atoms with Gasteiger partial charge in [-0.2, -0.15) is 0 Å². The summed E-state index contributed by atoms with van der Waals surface area (Å²) in [7, 11) is 0. The van der Waals surface area contributed by atoms with Crippen molar-refractivity contribution in [2.45, 2.75) is 12.3 Å². The van der Waals surface area contributed by atoms with Crippen molar-refractivity contribution in [1.29, 1.82) is 0 Å². The minimum Gasteiger partial charge on any atom is -0.469 e. The Morgan fingerprint density at radius 2 is 2.28 bits per heavy atom. The zero-order chi connectivity index (χ0) is 12.7. The molecule has 1 aromatic heterocycles. The van der Waals surface area contributed by atoms with Crippen LogP contribution in [-0.2, 0) is 11.2 Å². The van der Waals surface area contributed by atoms with E-state index in [2.05, 4.69) is 21.2 Å². The fourth-order valence-corrected chi connectivity index (χ4v) is 2.56. The Bertz CT molecular complexity index is 608. The SMILES string of the molecule is Nc1cc2c(cc1Br)C(Cc1ccco1)C(=O)N2. The van der Waals surface area contributed by atoms with Crippen molar-refractivity contribution < 1.29 is 9.21 Å². The Kier molecular flexibility index (Phi) is 2.63. The number of carbonyl (C=O) groups is 1. The van der Waals surface area contributed by atoms with Gasteiger partial charge in [0.05, 0.1) is 12.2 Å². The number of fused-ring (bicyclic) bond motifs is 1. The number of furan rings is 1. The molecular formula is C13H11BrN2O2. The molecule has 0 saturated heterocycles. The first-order valence-electron chi connectivity index (χ1n) is 5.57. The number of amides is 1. The topological polar surface area (TPSA) is 68.3 Å². The largest absolute Gasteiger partial charge is 0.469 e. The quantitative estimate of drug-likeness (QED) is 0.838. The van der Waals surface area contributed by atoms with Crippen molar-refractivity contribution in [3.05, 3.63) is 46.3 Å². The lowest BCUT2D eigenvalue weighted by Crippen LogP contribution is -2.13. The maximum atomic E-state index is 12.0. The van der Waals surface area contributed by atoms with Gasteiger partial charge in [0.25, 0.3) is 0 Å². The highest BCUT2D eigenvalue weighted by atomic mass is 79.9. The van der Waals surface area contributed by atoms with E-state index in [-0.39, 0.29) is 11.8 Å². The fourth-order valence-electron chi connectivity index (χ4n) is 2.20. The van der Waals surface area contributed by atoms with Gasteiger partial charge in [0.1, 0.15) is 5.76 Å². The normalized spacial score (nSPS) is 17.6. The van der Waals surface area contributed by atoms with Gasteiger partial charge in [0, 0.05) is 22.3 Å². The van der Waals surface area contributed by atoms with Crippen LogP contribution in [0.5, 0.6) is 0 Å². The highest BCUT2D eigenvalue weighted by molar-refractivity contribution is 9.10. The molecule has 1 aromatic carbocycles. The van der Waals surface area contributed by atoms with Crippen LogP contribution in [0.4, 0.5) is 11.4 Å². The predicted molar refractivity (Wildman–Crippen MR) is 72.3 cm³/mol. The lowest BCUT2D eigenvalue weighted by atomic mass is 9.96. The highest BCUT2D eigenvalue weighted by Crippen LogP contribution is 2.39. The highest BCUT2D eigenvalue weighted by Gasteiger charge is 2.31. The summed E-state index contributed by atoms with van der Waals surface area (Å²) in [5.41, 5.74) is 8.17. The molecule has 1 amide bonds. The van der Waals surface area contributed by atoms with E-state index in [0.29, 0.717) is 12.1 Å². The van der Waals surface area contributed by atoms with Crippen LogP contribution in [0.25, 0.3) is 0 Å². The smallest absolute Gasteiger partial charge is 0.232 e. The maximum Gasteiger partial charge on any atom is 0.232 e. The molecule has 92 valence electrons. The van der Waals surface area contributed by atoms with Crippen molar-refractivity contribution in [3.63, 3.8) is 0 Å². The summed E-state index contributed by atoms with van der Waals surface area (Å²) in [4.78, 5) is 12.0. The molecule has 3 N–H and O–H groups in total. The number of benzene rings is 1. The van der Waals surface area contributed by atoms with Crippen LogP contribution < -0.4 is 11.1 Å². The van der Waals surface area contributed by atoms with Gasteiger partial charge in [-0.3, -0.25) is 4.79 Å². The molecule has 0 spiro atoms. The fraction of sp³-hybridized carbons (Fsp3) is 0.154. The molecule has 18 heavy (non-hydrogen) atoms. The van der Waals surface area contributed by atoms with Gasteiger partial charge in [-0.1, -0.05) is 0 Å². The minimum atomic E-state index is -0.219. The van der Waals surface area contributed by atoms with Gasteiger partial charge in [0.15, 0.2) is 0 Å². The van der Waals surface area contributed by atoms with E-state index in [1.807, 2.05) is 18.2 Å². The van der Waals surface area contributed by atoms with Gasteiger partial charge < -0.3 is 15.5 Å². The Balaban J connectivity index is 1.98. The molecule has 0 bridgehead atoms. The van der Waals surface area contributed by atoms with Crippen LogP contribution in [0.3, 0.4) is 0 Å². The molecule has 0 aliphatic carbocycles. The number of nitrogens with two attached hydrogens (primary N) is 1. The Morgan fingerprint density at radius 1 is 1.44 bits per heavy atom. The molecule has 0 fully saturated rings. The second kappa shape index (κ2) is 4.17. The van der Waals surface area contributed by atoms with Crippen LogP contribution in [-0.4, -0.2) is 5.91 Å². The molecule has 1 aliphatic rings.